The van der Waals surface area contributed by atoms with Gasteiger partial charge >= 0.3 is 0 Å². The van der Waals surface area contributed by atoms with Gasteiger partial charge in [-0.25, -0.2) is 0 Å². The number of rotatable bonds is 7. The Kier molecular flexibility index (Phi) is 6.99. The van der Waals surface area contributed by atoms with Crippen LogP contribution in [-0.4, -0.2) is 25.0 Å². The summed E-state index contributed by atoms with van der Waals surface area (Å²) in [6.45, 7) is 10.0. The lowest BCUT2D eigenvalue weighted by Crippen LogP contribution is -2.35. The molecule has 0 aliphatic rings. The van der Waals surface area contributed by atoms with Crippen molar-refractivity contribution in [2.45, 2.75) is 40.5 Å². The van der Waals surface area contributed by atoms with Crippen molar-refractivity contribution in [1.82, 2.24) is 5.32 Å². The number of hydrogen-bond acceptors (Lipinski definition) is 3. The molecule has 0 spiro atoms. The highest BCUT2D eigenvalue weighted by Gasteiger charge is 2.10. The van der Waals surface area contributed by atoms with Crippen molar-refractivity contribution >= 4 is 17.5 Å². The van der Waals surface area contributed by atoms with Crippen LogP contribution in [0.2, 0.25) is 0 Å². The topological polar surface area (TPSA) is 67.4 Å². The zero-order valence-electron chi connectivity index (χ0n) is 16.7. The third-order valence-corrected chi connectivity index (χ3v) is 4.56. The number of hydrogen-bond donors (Lipinski definition) is 2. The molecule has 5 nitrogen and oxygen atoms in total. The summed E-state index contributed by atoms with van der Waals surface area (Å²) in [5.41, 5.74) is 5.27. The summed E-state index contributed by atoms with van der Waals surface area (Å²) in [7, 11) is 0. The summed E-state index contributed by atoms with van der Waals surface area (Å²) in [5.74, 6) is 0.482. The molecule has 0 radical (unpaired) electrons. The van der Waals surface area contributed by atoms with Gasteiger partial charge in [0, 0.05) is 5.69 Å². The summed E-state index contributed by atoms with van der Waals surface area (Å²) in [5, 5.41) is 5.39. The van der Waals surface area contributed by atoms with E-state index in [0.717, 1.165) is 22.4 Å². The van der Waals surface area contributed by atoms with E-state index < -0.39 is 0 Å². The average Bonchev–Trinajstić information content (AvgIpc) is 2.62. The van der Waals surface area contributed by atoms with Crippen LogP contribution in [0, 0.1) is 20.8 Å². The largest absolute Gasteiger partial charge is 0.484 e. The van der Waals surface area contributed by atoms with E-state index in [1.54, 1.807) is 0 Å². The van der Waals surface area contributed by atoms with E-state index in [1.807, 2.05) is 57.2 Å². The lowest BCUT2D eigenvalue weighted by molar-refractivity contribution is -0.125. The van der Waals surface area contributed by atoms with Gasteiger partial charge < -0.3 is 15.4 Å². The number of benzene rings is 2. The van der Waals surface area contributed by atoms with E-state index in [4.69, 9.17) is 4.74 Å². The summed E-state index contributed by atoms with van der Waals surface area (Å²) < 4.78 is 5.53. The van der Waals surface area contributed by atoms with E-state index in [9.17, 15) is 9.59 Å². The normalized spacial score (nSPS) is 10.6. The van der Waals surface area contributed by atoms with Crippen molar-refractivity contribution in [2.24, 2.45) is 0 Å². The van der Waals surface area contributed by atoms with E-state index in [1.165, 1.54) is 5.56 Å². The maximum Gasteiger partial charge on any atom is 0.258 e. The van der Waals surface area contributed by atoms with Crippen molar-refractivity contribution in [1.29, 1.82) is 0 Å². The second kappa shape index (κ2) is 9.21. The van der Waals surface area contributed by atoms with E-state index in [-0.39, 0.29) is 25.0 Å². The number of nitrogens with one attached hydrogen (secondary N) is 2. The Balaban J connectivity index is 1.80. The molecule has 0 bridgehead atoms. The SMILES string of the molecule is Cc1cc(OCC(=O)NCC(=O)Nc2cccc(C)c2C)ccc1C(C)C. The Bertz CT molecular complexity index is 828. The summed E-state index contributed by atoms with van der Waals surface area (Å²) >= 11 is 0. The molecule has 144 valence electrons. The van der Waals surface area contributed by atoms with Gasteiger partial charge in [-0.3, -0.25) is 9.59 Å². The fourth-order valence-corrected chi connectivity index (χ4v) is 2.85. The second-order valence-corrected chi connectivity index (χ2v) is 7.03. The van der Waals surface area contributed by atoms with Crippen molar-refractivity contribution in [3.63, 3.8) is 0 Å². The fraction of sp³-hybridized carbons (Fsp3) is 0.364. The van der Waals surface area contributed by atoms with Crippen LogP contribution in [-0.2, 0) is 9.59 Å². The molecule has 2 aromatic carbocycles. The van der Waals surface area contributed by atoms with Gasteiger partial charge in [-0.1, -0.05) is 32.0 Å². The van der Waals surface area contributed by atoms with Gasteiger partial charge in [0.1, 0.15) is 5.75 Å². The predicted molar refractivity (Wildman–Crippen MR) is 108 cm³/mol. The average molecular weight is 368 g/mol. The standard InChI is InChI=1S/C22H28N2O3/c1-14(2)19-10-9-18(11-16(19)4)27-13-22(26)23-12-21(25)24-20-8-6-7-15(3)17(20)5/h6-11,14H,12-13H2,1-5H3,(H,23,26)(H,24,25). The van der Waals surface area contributed by atoms with Gasteiger partial charge in [-0.2, -0.15) is 0 Å². The van der Waals surface area contributed by atoms with Crippen LogP contribution in [0.1, 0.15) is 42.0 Å². The Labute approximate surface area is 161 Å². The zero-order valence-corrected chi connectivity index (χ0v) is 16.7. The first-order valence-corrected chi connectivity index (χ1v) is 9.14. The molecule has 2 N–H and O–H groups in total. The number of aryl methyl sites for hydroxylation is 2. The smallest absolute Gasteiger partial charge is 0.258 e. The summed E-state index contributed by atoms with van der Waals surface area (Å²) in [6, 6.07) is 11.5. The molecule has 0 aromatic heterocycles. The highest BCUT2D eigenvalue weighted by atomic mass is 16.5. The number of amides is 2. The molecular weight excluding hydrogens is 340 g/mol. The predicted octanol–water partition coefficient (Wildman–Crippen LogP) is 3.87. The molecule has 0 saturated carbocycles. The van der Waals surface area contributed by atoms with Gasteiger partial charge in [-0.05, 0) is 67.1 Å². The maximum atomic E-state index is 12.0. The second-order valence-electron chi connectivity index (χ2n) is 7.03. The van der Waals surface area contributed by atoms with Crippen LogP contribution in [0.5, 0.6) is 5.75 Å². The number of carbonyl (C=O) groups excluding carboxylic acids is 2. The van der Waals surface area contributed by atoms with Crippen LogP contribution >= 0.6 is 0 Å². The first kappa shape index (κ1) is 20.5. The summed E-state index contributed by atoms with van der Waals surface area (Å²) in [4.78, 5) is 24.0. The molecule has 27 heavy (non-hydrogen) atoms. The molecule has 5 heteroatoms. The minimum absolute atomic E-state index is 0.0963. The van der Waals surface area contributed by atoms with Crippen LogP contribution in [0.25, 0.3) is 0 Å². The highest BCUT2D eigenvalue weighted by Crippen LogP contribution is 2.23. The Morgan fingerprint density at radius 1 is 1.00 bits per heavy atom. The highest BCUT2D eigenvalue weighted by molar-refractivity contribution is 5.95. The zero-order chi connectivity index (χ0) is 20.0. The first-order valence-electron chi connectivity index (χ1n) is 9.14. The van der Waals surface area contributed by atoms with E-state index in [0.29, 0.717) is 11.7 Å². The van der Waals surface area contributed by atoms with E-state index in [2.05, 4.69) is 24.5 Å². The van der Waals surface area contributed by atoms with Crippen molar-refractivity contribution in [2.75, 3.05) is 18.5 Å². The molecule has 0 saturated heterocycles. The van der Waals surface area contributed by atoms with Crippen LogP contribution in [0.3, 0.4) is 0 Å². The Hall–Kier alpha value is -2.82. The monoisotopic (exact) mass is 368 g/mol. The molecule has 0 heterocycles. The molecule has 0 fully saturated rings. The number of carbonyl (C=O) groups is 2. The lowest BCUT2D eigenvalue weighted by Gasteiger charge is -2.13. The first-order chi connectivity index (χ1) is 12.8. The molecule has 0 unspecified atom stereocenters. The van der Waals surface area contributed by atoms with Crippen LogP contribution in [0.4, 0.5) is 5.69 Å². The molecule has 0 aliphatic heterocycles. The van der Waals surface area contributed by atoms with Gasteiger partial charge in [-0.15, -0.1) is 0 Å². The van der Waals surface area contributed by atoms with Gasteiger partial charge in [0.25, 0.3) is 5.91 Å². The maximum absolute atomic E-state index is 12.0. The molecule has 2 aromatic rings. The van der Waals surface area contributed by atoms with Gasteiger partial charge in [0.15, 0.2) is 6.61 Å². The Morgan fingerprint density at radius 2 is 1.74 bits per heavy atom. The molecule has 0 atom stereocenters. The van der Waals surface area contributed by atoms with Crippen molar-refractivity contribution in [3.8, 4) is 5.75 Å². The Morgan fingerprint density at radius 3 is 2.41 bits per heavy atom. The summed E-state index contributed by atoms with van der Waals surface area (Å²) in [6.07, 6.45) is 0. The minimum Gasteiger partial charge on any atom is -0.484 e. The molecular formula is C22H28N2O3. The van der Waals surface area contributed by atoms with Crippen LogP contribution in [0.15, 0.2) is 36.4 Å². The quantitative estimate of drug-likeness (QED) is 0.780. The fourth-order valence-electron chi connectivity index (χ4n) is 2.85. The van der Waals surface area contributed by atoms with Crippen molar-refractivity contribution in [3.05, 3.63) is 58.7 Å². The van der Waals surface area contributed by atoms with E-state index >= 15 is 0 Å². The lowest BCUT2D eigenvalue weighted by atomic mass is 9.98. The third kappa shape index (κ3) is 5.84. The molecule has 2 rings (SSSR count). The number of anilines is 1. The van der Waals surface area contributed by atoms with Crippen LogP contribution < -0.4 is 15.4 Å². The molecule has 0 aliphatic carbocycles. The minimum atomic E-state index is -0.336. The van der Waals surface area contributed by atoms with Gasteiger partial charge in [0.05, 0.1) is 6.54 Å². The third-order valence-electron chi connectivity index (χ3n) is 4.56. The molecule has 2 amide bonds. The van der Waals surface area contributed by atoms with Crippen molar-refractivity contribution < 1.29 is 14.3 Å². The number of ether oxygens (including phenoxy) is 1. The van der Waals surface area contributed by atoms with Gasteiger partial charge in [0.2, 0.25) is 5.91 Å².